The Hall–Kier alpha value is -4.00. The van der Waals surface area contributed by atoms with Crippen molar-refractivity contribution in [1.29, 1.82) is 0 Å². The van der Waals surface area contributed by atoms with Crippen molar-refractivity contribution >= 4 is 28.3 Å². The molecule has 3 N–H and O–H groups in total. The zero-order valence-electron chi connectivity index (χ0n) is 18.6. The molecule has 1 atom stereocenters. The Morgan fingerprint density at radius 1 is 1.03 bits per heavy atom. The molecular weight excluding hydrogens is 417 g/mol. The molecule has 0 saturated heterocycles. The molecule has 33 heavy (non-hydrogen) atoms. The lowest BCUT2D eigenvalue weighted by molar-refractivity contribution is -0.117. The van der Waals surface area contributed by atoms with E-state index in [4.69, 9.17) is 5.73 Å². The van der Waals surface area contributed by atoms with E-state index in [0.717, 1.165) is 27.5 Å². The van der Waals surface area contributed by atoms with Gasteiger partial charge >= 0.3 is 0 Å². The van der Waals surface area contributed by atoms with Gasteiger partial charge in [0.15, 0.2) is 11.6 Å². The minimum absolute atomic E-state index is 0.105. The van der Waals surface area contributed by atoms with Gasteiger partial charge in [-0.05, 0) is 34.4 Å². The van der Waals surface area contributed by atoms with Crippen LogP contribution in [0.25, 0.3) is 10.8 Å². The molecule has 3 aromatic carbocycles. The predicted molar refractivity (Wildman–Crippen MR) is 129 cm³/mol. The summed E-state index contributed by atoms with van der Waals surface area (Å²) in [5.74, 6) is -0.515. The predicted octanol–water partition coefficient (Wildman–Crippen LogP) is 4.61. The molecule has 0 bridgehead atoms. The van der Waals surface area contributed by atoms with Crippen LogP contribution in [0, 0.1) is 5.82 Å². The summed E-state index contributed by atoms with van der Waals surface area (Å²) in [6.07, 6.45) is 1.56. The largest absolute Gasteiger partial charge is 0.369 e. The fraction of sp³-hybridized carbons (Fsp3) is 0.192. The third kappa shape index (κ3) is 4.92. The number of aromatic nitrogens is 2. The number of amides is 1. The Bertz CT molecular complexity index is 1270. The summed E-state index contributed by atoms with van der Waals surface area (Å²) in [7, 11) is 1.83. The third-order valence-corrected chi connectivity index (χ3v) is 5.82. The Balaban J connectivity index is 1.52. The molecule has 0 radical (unpaired) electrons. The highest BCUT2D eigenvalue weighted by molar-refractivity contribution is 5.86. The molecule has 0 saturated carbocycles. The van der Waals surface area contributed by atoms with Crippen molar-refractivity contribution in [2.75, 3.05) is 17.3 Å². The van der Waals surface area contributed by atoms with Crippen molar-refractivity contribution in [3.63, 3.8) is 0 Å². The highest BCUT2D eigenvalue weighted by Crippen LogP contribution is 2.32. The average molecular weight is 444 g/mol. The second-order valence-corrected chi connectivity index (χ2v) is 8.03. The van der Waals surface area contributed by atoms with Crippen molar-refractivity contribution in [3.8, 4) is 0 Å². The summed E-state index contributed by atoms with van der Waals surface area (Å²) in [5.41, 5.74) is 8.09. The average Bonchev–Trinajstić information content (AvgIpc) is 2.83. The summed E-state index contributed by atoms with van der Waals surface area (Å²) in [5, 5.41) is 5.32. The van der Waals surface area contributed by atoms with E-state index in [1.807, 2.05) is 61.3 Å². The van der Waals surface area contributed by atoms with E-state index >= 15 is 4.39 Å². The van der Waals surface area contributed by atoms with Crippen LogP contribution in [0.1, 0.15) is 29.7 Å². The van der Waals surface area contributed by atoms with Crippen LogP contribution >= 0.6 is 0 Å². The standard InChI is InChI=1S/C26H26FN5O/c1-17(21-9-5-7-20-6-3-4-8-22(20)21)32(2)26-24(27)25(30-16-31-26)29-15-19-12-10-18(11-13-19)14-23(28)33/h3-13,16-17H,14-15H2,1-2H3,(H2,28,33)(H,29,30,31). The first-order chi connectivity index (χ1) is 15.9. The SMILES string of the molecule is CC(c1cccc2ccccc12)N(C)c1ncnc(NCc2ccc(CC(N)=O)cc2)c1F. The number of carbonyl (C=O) groups excluding carboxylic acids is 1. The Morgan fingerprint density at radius 2 is 1.73 bits per heavy atom. The van der Waals surface area contributed by atoms with Crippen molar-refractivity contribution in [2.24, 2.45) is 5.73 Å². The summed E-state index contributed by atoms with van der Waals surface area (Å²) in [6.45, 7) is 2.41. The van der Waals surface area contributed by atoms with Gasteiger partial charge < -0.3 is 16.0 Å². The number of hydrogen-bond acceptors (Lipinski definition) is 5. The molecular formula is C26H26FN5O. The van der Waals surface area contributed by atoms with Crippen LogP contribution in [0.15, 0.2) is 73.1 Å². The highest BCUT2D eigenvalue weighted by atomic mass is 19.1. The van der Waals surface area contributed by atoms with E-state index in [2.05, 4.69) is 39.6 Å². The van der Waals surface area contributed by atoms with E-state index in [9.17, 15) is 4.79 Å². The lowest BCUT2D eigenvalue weighted by Gasteiger charge is -2.28. The topological polar surface area (TPSA) is 84.1 Å². The van der Waals surface area contributed by atoms with Gasteiger partial charge in [-0.2, -0.15) is 4.39 Å². The quantitative estimate of drug-likeness (QED) is 0.416. The van der Waals surface area contributed by atoms with Gasteiger partial charge in [-0.3, -0.25) is 4.79 Å². The van der Waals surface area contributed by atoms with Gasteiger partial charge in [0.25, 0.3) is 0 Å². The molecule has 1 aromatic heterocycles. The fourth-order valence-corrected chi connectivity index (χ4v) is 3.90. The normalized spacial score (nSPS) is 11.8. The van der Waals surface area contributed by atoms with Crippen molar-refractivity contribution in [1.82, 2.24) is 9.97 Å². The fourth-order valence-electron chi connectivity index (χ4n) is 3.90. The molecule has 6 nitrogen and oxygen atoms in total. The first-order valence-corrected chi connectivity index (χ1v) is 10.7. The zero-order chi connectivity index (χ0) is 23.4. The number of hydrogen-bond donors (Lipinski definition) is 2. The number of nitrogens with two attached hydrogens (primary N) is 1. The molecule has 0 aliphatic rings. The lowest BCUT2D eigenvalue weighted by Crippen LogP contribution is -2.24. The number of carbonyl (C=O) groups is 1. The van der Waals surface area contributed by atoms with Crippen molar-refractivity contribution in [2.45, 2.75) is 25.9 Å². The molecule has 1 amide bonds. The molecule has 4 aromatic rings. The van der Waals surface area contributed by atoms with Crippen LogP contribution in [-0.4, -0.2) is 22.9 Å². The van der Waals surface area contributed by atoms with E-state index in [0.29, 0.717) is 6.54 Å². The van der Waals surface area contributed by atoms with Crippen LogP contribution in [0.2, 0.25) is 0 Å². The van der Waals surface area contributed by atoms with Gasteiger partial charge in [-0.15, -0.1) is 0 Å². The summed E-state index contributed by atoms with van der Waals surface area (Å²) >= 11 is 0. The van der Waals surface area contributed by atoms with Crippen LogP contribution in [0.3, 0.4) is 0 Å². The minimum atomic E-state index is -0.502. The Morgan fingerprint density at radius 3 is 2.48 bits per heavy atom. The van der Waals surface area contributed by atoms with Gasteiger partial charge in [0.1, 0.15) is 6.33 Å². The van der Waals surface area contributed by atoms with Crippen LogP contribution in [0.4, 0.5) is 16.0 Å². The number of nitrogens with one attached hydrogen (secondary N) is 1. The van der Waals surface area contributed by atoms with E-state index in [1.54, 1.807) is 0 Å². The number of fused-ring (bicyclic) bond motifs is 1. The van der Waals surface area contributed by atoms with E-state index in [-0.39, 0.29) is 30.0 Å². The summed E-state index contributed by atoms with van der Waals surface area (Å²) in [6, 6.07) is 21.6. The Labute approximate surface area is 192 Å². The maximum Gasteiger partial charge on any atom is 0.221 e. The van der Waals surface area contributed by atoms with Gasteiger partial charge in [0.05, 0.1) is 12.5 Å². The molecule has 0 fully saturated rings. The number of rotatable bonds is 8. The maximum atomic E-state index is 15.3. The van der Waals surface area contributed by atoms with Gasteiger partial charge in [0.2, 0.25) is 11.7 Å². The third-order valence-electron chi connectivity index (χ3n) is 5.82. The molecule has 4 rings (SSSR count). The van der Waals surface area contributed by atoms with E-state index < -0.39 is 5.82 Å². The smallest absolute Gasteiger partial charge is 0.221 e. The van der Waals surface area contributed by atoms with Gasteiger partial charge in [0, 0.05) is 13.6 Å². The molecule has 168 valence electrons. The highest BCUT2D eigenvalue weighted by Gasteiger charge is 2.21. The van der Waals surface area contributed by atoms with Crippen LogP contribution < -0.4 is 16.0 Å². The Kier molecular flexibility index (Phi) is 6.49. The number of nitrogens with zero attached hydrogens (tertiary/aromatic N) is 3. The van der Waals surface area contributed by atoms with Crippen molar-refractivity contribution < 1.29 is 9.18 Å². The van der Waals surface area contributed by atoms with Crippen LogP contribution in [0.5, 0.6) is 0 Å². The molecule has 0 aliphatic heterocycles. The molecule has 1 heterocycles. The first-order valence-electron chi connectivity index (χ1n) is 10.7. The van der Waals surface area contributed by atoms with Gasteiger partial charge in [-0.1, -0.05) is 66.7 Å². The minimum Gasteiger partial charge on any atom is -0.369 e. The van der Waals surface area contributed by atoms with Crippen LogP contribution in [-0.2, 0) is 17.8 Å². The van der Waals surface area contributed by atoms with Crippen molar-refractivity contribution in [3.05, 3.63) is 95.6 Å². The zero-order valence-corrected chi connectivity index (χ0v) is 18.6. The monoisotopic (exact) mass is 443 g/mol. The van der Waals surface area contributed by atoms with Gasteiger partial charge in [-0.25, -0.2) is 9.97 Å². The molecule has 0 aliphatic carbocycles. The number of halogens is 1. The lowest BCUT2D eigenvalue weighted by atomic mass is 9.99. The number of primary amides is 1. The summed E-state index contributed by atoms with van der Waals surface area (Å²) < 4.78 is 15.3. The number of benzene rings is 3. The summed E-state index contributed by atoms with van der Waals surface area (Å²) in [4.78, 5) is 21.2. The number of anilines is 2. The molecule has 7 heteroatoms. The molecule has 0 spiro atoms. The molecule has 1 unspecified atom stereocenters. The first kappa shape index (κ1) is 22.2. The maximum absolute atomic E-state index is 15.3. The second kappa shape index (κ2) is 9.65. The van der Waals surface area contributed by atoms with E-state index in [1.165, 1.54) is 6.33 Å². The second-order valence-electron chi connectivity index (χ2n) is 8.03.